The average molecular weight is 371 g/mol. The Morgan fingerprint density at radius 1 is 1.16 bits per heavy atom. The fourth-order valence-electron chi connectivity index (χ4n) is 1.65. The normalized spacial score (nSPS) is 12.6. The van der Waals surface area contributed by atoms with E-state index in [0.29, 0.717) is 10.4 Å². The minimum atomic E-state index is -0.805. The molecule has 3 N–H and O–H groups in total. The molecule has 0 fully saturated rings. The van der Waals surface area contributed by atoms with Crippen LogP contribution < -0.4 is 5.73 Å². The predicted octanol–water partition coefficient (Wildman–Crippen LogP) is 3.51. The Morgan fingerprint density at radius 3 is 2.04 bits per heavy atom. The van der Waals surface area contributed by atoms with Crippen molar-refractivity contribution in [1.82, 2.24) is 4.90 Å². The number of nitrogens with zero attached hydrogens (tertiary/aromatic N) is 2. The molecule has 0 bridgehead atoms. The number of amides is 2. The number of amidine groups is 1. The van der Waals surface area contributed by atoms with Crippen molar-refractivity contribution in [2.75, 3.05) is 0 Å². The molecule has 0 unspecified atom stereocenters. The van der Waals surface area contributed by atoms with Crippen molar-refractivity contribution in [3.05, 3.63) is 21.9 Å². The van der Waals surface area contributed by atoms with E-state index in [4.69, 9.17) is 20.4 Å². The number of oxime groups is 1. The molecule has 0 atom stereocenters. The summed E-state index contributed by atoms with van der Waals surface area (Å²) in [4.78, 5) is 26.4. The van der Waals surface area contributed by atoms with Crippen molar-refractivity contribution in [1.29, 1.82) is 0 Å². The number of rotatable bonds is 3. The average Bonchev–Trinajstić information content (AvgIpc) is 2.88. The van der Waals surface area contributed by atoms with E-state index in [1.54, 1.807) is 53.0 Å². The van der Waals surface area contributed by atoms with Crippen LogP contribution in [-0.2, 0) is 16.0 Å². The van der Waals surface area contributed by atoms with Crippen molar-refractivity contribution in [3.8, 4) is 0 Å². The third-order valence-electron chi connectivity index (χ3n) is 2.60. The molecular formula is C16H25N3O5S. The molecule has 1 rings (SSSR count). The van der Waals surface area contributed by atoms with Gasteiger partial charge in [-0.05, 0) is 47.6 Å². The van der Waals surface area contributed by atoms with Crippen molar-refractivity contribution < 1.29 is 24.3 Å². The highest BCUT2D eigenvalue weighted by molar-refractivity contribution is 7.10. The molecule has 0 aliphatic carbocycles. The van der Waals surface area contributed by atoms with E-state index in [2.05, 4.69) is 5.16 Å². The molecule has 0 spiro atoms. The van der Waals surface area contributed by atoms with Crippen molar-refractivity contribution in [3.63, 3.8) is 0 Å². The standard InChI is InChI=1S/C16H25N3O5S/c1-15(2,3)23-13(20)19(14(21)24-16(4,5)6)8-11-7-10(9-25-11)12(17)18-22/h7,9,22H,8H2,1-6H3,(H2,17,18). The van der Waals surface area contributed by atoms with Crippen LogP contribution in [0, 0.1) is 0 Å². The summed E-state index contributed by atoms with van der Waals surface area (Å²) in [6.45, 7) is 10.2. The lowest BCUT2D eigenvalue weighted by Crippen LogP contribution is -2.43. The van der Waals surface area contributed by atoms with Gasteiger partial charge >= 0.3 is 12.2 Å². The zero-order chi connectivity index (χ0) is 19.4. The van der Waals surface area contributed by atoms with Crippen LogP contribution in [0.2, 0.25) is 0 Å². The largest absolute Gasteiger partial charge is 0.443 e. The molecular weight excluding hydrogens is 346 g/mol. The molecule has 0 saturated heterocycles. The third kappa shape index (κ3) is 7.00. The number of ether oxygens (including phenoxy) is 2. The Bertz CT molecular complexity index is 627. The summed E-state index contributed by atoms with van der Waals surface area (Å²) in [5, 5.41) is 13.3. The van der Waals surface area contributed by atoms with Gasteiger partial charge < -0.3 is 20.4 Å². The first-order chi connectivity index (χ1) is 11.3. The highest BCUT2D eigenvalue weighted by atomic mass is 32.1. The molecule has 25 heavy (non-hydrogen) atoms. The zero-order valence-electron chi connectivity index (χ0n) is 15.3. The Balaban J connectivity index is 3.03. The number of thiophene rings is 1. The molecule has 2 amide bonds. The van der Waals surface area contributed by atoms with Crippen LogP contribution in [0.1, 0.15) is 52.0 Å². The number of imide groups is 1. The molecule has 1 aromatic rings. The maximum Gasteiger partial charge on any atom is 0.420 e. The Labute approximate surface area is 151 Å². The second kappa shape index (κ2) is 7.73. The van der Waals surface area contributed by atoms with Gasteiger partial charge in [0.15, 0.2) is 5.84 Å². The number of carbonyl (C=O) groups is 2. The van der Waals surface area contributed by atoms with Gasteiger partial charge in [-0.3, -0.25) is 0 Å². The first-order valence-electron chi connectivity index (χ1n) is 7.61. The summed E-state index contributed by atoms with van der Waals surface area (Å²) in [5.41, 5.74) is 4.51. The number of hydrogen-bond donors (Lipinski definition) is 2. The van der Waals surface area contributed by atoms with E-state index in [1.807, 2.05) is 0 Å². The lowest BCUT2D eigenvalue weighted by molar-refractivity contribution is -0.0000526. The molecule has 0 saturated carbocycles. The summed E-state index contributed by atoms with van der Waals surface area (Å²) in [6.07, 6.45) is -1.61. The van der Waals surface area contributed by atoms with Crippen molar-refractivity contribution in [2.24, 2.45) is 10.9 Å². The first kappa shape index (κ1) is 20.8. The van der Waals surface area contributed by atoms with Crippen LogP contribution in [0.25, 0.3) is 0 Å². The maximum absolute atomic E-state index is 12.4. The lowest BCUT2D eigenvalue weighted by atomic mass is 10.2. The highest BCUT2D eigenvalue weighted by Crippen LogP contribution is 2.21. The highest BCUT2D eigenvalue weighted by Gasteiger charge is 2.31. The predicted molar refractivity (Wildman–Crippen MR) is 94.8 cm³/mol. The molecule has 140 valence electrons. The van der Waals surface area contributed by atoms with Gasteiger partial charge in [-0.1, -0.05) is 5.16 Å². The van der Waals surface area contributed by atoms with Crippen molar-refractivity contribution in [2.45, 2.75) is 59.3 Å². The van der Waals surface area contributed by atoms with Crippen LogP contribution in [0.5, 0.6) is 0 Å². The Morgan fingerprint density at radius 2 is 1.64 bits per heavy atom. The van der Waals surface area contributed by atoms with Crippen LogP contribution in [0.15, 0.2) is 16.6 Å². The van der Waals surface area contributed by atoms with Crippen LogP contribution in [0.3, 0.4) is 0 Å². The summed E-state index contributed by atoms with van der Waals surface area (Å²) >= 11 is 1.26. The Hall–Kier alpha value is -2.29. The van der Waals surface area contributed by atoms with Crippen LogP contribution in [-0.4, -0.2) is 39.3 Å². The van der Waals surface area contributed by atoms with Gasteiger partial charge in [0.2, 0.25) is 0 Å². The molecule has 1 aromatic heterocycles. The monoisotopic (exact) mass is 371 g/mol. The summed E-state index contributed by atoms with van der Waals surface area (Å²) in [6, 6.07) is 1.63. The van der Waals surface area contributed by atoms with Crippen molar-refractivity contribution >= 4 is 29.4 Å². The molecule has 0 aromatic carbocycles. The van der Waals surface area contributed by atoms with Gasteiger partial charge in [0.25, 0.3) is 0 Å². The van der Waals surface area contributed by atoms with Gasteiger partial charge in [-0.15, -0.1) is 11.3 Å². The number of hydrogen-bond acceptors (Lipinski definition) is 7. The minimum Gasteiger partial charge on any atom is -0.443 e. The van der Waals surface area contributed by atoms with E-state index in [-0.39, 0.29) is 12.4 Å². The summed E-state index contributed by atoms with van der Waals surface area (Å²) in [7, 11) is 0. The Kier molecular flexibility index (Phi) is 6.42. The lowest BCUT2D eigenvalue weighted by Gasteiger charge is -2.28. The zero-order valence-corrected chi connectivity index (χ0v) is 16.1. The maximum atomic E-state index is 12.4. The van der Waals surface area contributed by atoms with Gasteiger partial charge in [0, 0.05) is 15.8 Å². The summed E-state index contributed by atoms with van der Waals surface area (Å²) in [5.74, 6) is -0.0522. The second-order valence-corrected chi connectivity index (χ2v) is 8.33. The fraction of sp³-hybridized carbons (Fsp3) is 0.562. The number of carbonyl (C=O) groups excluding carboxylic acids is 2. The molecule has 1 heterocycles. The van der Waals surface area contributed by atoms with E-state index >= 15 is 0 Å². The molecule has 0 radical (unpaired) electrons. The summed E-state index contributed by atoms with van der Waals surface area (Å²) < 4.78 is 10.6. The fourth-order valence-corrected chi connectivity index (χ4v) is 2.51. The van der Waals surface area contributed by atoms with Gasteiger partial charge in [-0.2, -0.15) is 0 Å². The third-order valence-corrected chi connectivity index (χ3v) is 3.52. The molecule has 0 aliphatic heterocycles. The van der Waals surface area contributed by atoms with E-state index < -0.39 is 23.4 Å². The SMILES string of the molecule is CC(C)(C)OC(=O)N(Cc1cc(/C(N)=N/O)cs1)C(=O)OC(C)(C)C. The quantitative estimate of drug-likeness (QED) is 0.364. The number of nitrogens with two attached hydrogens (primary N) is 1. The van der Waals surface area contributed by atoms with E-state index in [1.165, 1.54) is 11.3 Å². The molecule has 9 heteroatoms. The topological polar surface area (TPSA) is 114 Å². The van der Waals surface area contributed by atoms with Crippen LogP contribution in [0.4, 0.5) is 9.59 Å². The molecule has 0 aliphatic rings. The van der Waals surface area contributed by atoms with Gasteiger partial charge in [0.1, 0.15) is 11.2 Å². The van der Waals surface area contributed by atoms with E-state index in [0.717, 1.165) is 4.90 Å². The minimum absolute atomic E-state index is 0.0484. The smallest absolute Gasteiger partial charge is 0.420 e. The molecule has 8 nitrogen and oxygen atoms in total. The first-order valence-corrected chi connectivity index (χ1v) is 8.49. The second-order valence-electron chi connectivity index (χ2n) is 7.33. The van der Waals surface area contributed by atoms with Crippen LogP contribution >= 0.6 is 11.3 Å². The van der Waals surface area contributed by atoms with Gasteiger partial charge in [-0.25, -0.2) is 14.5 Å². The van der Waals surface area contributed by atoms with E-state index in [9.17, 15) is 9.59 Å². The van der Waals surface area contributed by atoms with Gasteiger partial charge in [0.05, 0.1) is 6.54 Å².